The Bertz CT molecular complexity index is 717. The molecule has 1 aromatic heterocycles. The third-order valence-electron chi connectivity index (χ3n) is 2.94. The molecule has 0 aliphatic carbocycles. The molecule has 3 rings (SSSR count). The first kappa shape index (κ1) is 13.4. The first-order valence-corrected chi connectivity index (χ1v) is 7.46. The number of hydrogen-bond acceptors (Lipinski definition) is 4. The minimum Gasteiger partial charge on any atom is -0.301 e. The molecular formula is C14H12ClN3OS. The summed E-state index contributed by atoms with van der Waals surface area (Å²) in [6.07, 6.45) is 1.66. The molecule has 20 heavy (non-hydrogen) atoms. The predicted molar refractivity (Wildman–Crippen MR) is 83.6 cm³/mol. The van der Waals surface area contributed by atoms with Gasteiger partial charge in [-0.05, 0) is 18.2 Å². The second-order valence-electron chi connectivity index (χ2n) is 4.56. The van der Waals surface area contributed by atoms with E-state index in [1.807, 2.05) is 12.1 Å². The zero-order chi connectivity index (χ0) is 14.1. The lowest BCUT2D eigenvalue weighted by molar-refractivity contribution is 0.0979. The van der Waals surface area contributed by atoms with Crippen molar-refractivity contribution < 1.29 is 4.79 Å². The van der Waals surface area contributed by atoms with Crippen LogP contribution < -0.4 is 5.32 Å². The van der Waals surface area contributed by atoms with Gasteiger partial charge in [0, 0.05) is 21.9 Å². The minimum atomic E-state index is -0.225. The average Bonchev–Trinajstić information content (AvgIpc) is 2.83. The molecule has 0 saturated carbocycles. The van der Waals surface area contributed by atoms with Crippen LogP contribution in [0.3, 0.4) is 0 Å². The first-order valence-electron chi connectivity index (χ1n) is 6.20. The molecule has 0 bridgehead atoms. The summed E-state index contributed by atoms with van der Waals surface area (Å²) in [5.74, 6) is -0.225. The Labute approximate surface area is 125 Å². The Morgan fingerprint density at radius 3 is 3.10 bits per heavy atom. The van der Waals surface area contributed by atoms with Crippen LogP contribution in [0.4, 0.5) is 0 Å². The van der Waals surface area contributed by atoms with Crippen LogP contribution in [0.5, 0.6) is 0 Å². The lowest BCUT2D eigenvalue weighted by Gasteiger charge is -2.08. The van der Waals surface area contributed by atoms with Crippen molar-refractivity contribution in [3.05, 3.63) is 41.0 Å². The van der Waals surface area contributed by atoms with Crippen LogP contribution in [0.2, 0.25) is 5.02 Å². The fourth-order valence-electron chi connectivity index (χ4n) is 2.04. The summed E-state index contributed by atoms with van der Waals surface area (Å²) in [5, 5.41) is 5.25. The quantitative estimate of drug-likeness (QED) is 0.881. The van der Waals surface area contributed by atoms with E-state index in [1.165, 1.54) is 0 Å². The zero-order valence-electron chi connectivity index (χ0n) is 10.8. The third kappa shape index (κ3) is 2.64. The number of carbonyl (C=O) groups is 1. The van der Waals surface area contributed by atoms with Crippen LogP contribution in [0.1, 0.15) is 17.3 Å². The number of rotatable bonds is 1. The average molecular weight is 306 g/mol. The number of halogens is 1. The summed E-state index contributed by atoms with van der Waals surface area (Å²) < 4.78 is 0. The second kappa shape index (κ2) is 5.42. The molecule has 1 amide bonds. The van der Waals surface area contributed by atoms with E-state index >= 15 is 0 Å². The van der Waals surface area contributed by atoms with Crippen LogP contribution in [-0.2, 0) is 0 Å². The molecule has 2 aromatic rings. The molecule has 4 nitrogen and oxygen atoms in total. The van der Waals surface area contributed by atoms with Gasteiger partial charge in [0.25, 0.3) is 5.91 Å². The number of fused-ring (bicyclic) bond motifs is 1. The lowest BCUT2D eigenvalue weighted by atomic mass is 10.1. The summed E-state index contributed by atoms with van der Waals surface area (Å²) in [6.45, 7) is 2.80. The number of carbonyl (C=O) groups excluding carboxylic acids is 1. The highest BCUT2D eigenvalue weighted by atomic mass is 35.5. The number of amides is 1. The smallest absolute Gasteiger partial charge is 0.259 e. The van der Waals surface area contributed by atoms with E-state index in [4.69, 9.17) is 11.6 Å². The monoisotopic (exact) mass is 305 g/mol. The van der Waals surface area contributed by atoms with Crippen molar-refractivity contribution in [3.8, 4) is 0 Å². The highest BCUT2D eigenvalue weighted by molar-refractivity contribution is 8.14. The third-order valence-corrected chi connectivity index (χ3v) is 4.16. The van der Waals surface area contributed by atoms with Crippen molar-refractivity contribution in [1.82, 2.24) is 10.3 Å². The van der Waals surface area contributed by atoms with E-state index in [2.05, 4.69) is 22.2 Å². The van der Waals surface area contributed by atoms with Crippen molar-refractivity contribution in [2.75, 3.05) is 6.54 Å². The molecule has 1 unspecified atom stereocenters. The maximum absolute atomic E-state index is 12.4. The van der Waals surface area contributed by atoms with Crippen molar-refractivity contribution in [2.45, 2.75) is 12.2 Å². The molecule has 1 aliphatic rings. The standard InChI is InChI=1S/C14H12ClN3OS/c1-8-7-17-14(20-8)18-13(19)11-6-10(15)5-9-3-2-4-16-12(9)11/h2-6,8H,7H2,1H3,(H,17,18,19). The van der Waals surface area contributed by atoms with Crippen LogP contribution in [-0.4, -0.2) is 27.9 Å². The predicted octanol–water partition coefficient (Wildman–Crippen LogP) is 3.11. The zero-order valence-corrected chi connectivity index (χ0v) is 12.3. The molecule has 0 radical (unpaired) electrons. The number of aromatic nitrogens is 1. The topological polar surface area (TPSA) is 54.4 Å². The van der Waals surface area contributed by atoms with E-state index in [9.17, 15) is 4.79 Å². The Balaban J connectivity index is 1.95. The highest BCUT2D eigenvalue weighted by Gasteiger charge is 2.19. The molecule has 1 aromatic carbocycles. The number of nitrogens with one attached hydrogen (secondary N) is 1. The molecule has 0 saturated heterocycles. The van der Waals surface area contributed by atoms with Crippen molar-refractivity contribution in [2.24, 2.45) is 4.99 Å². The number of nitrogens with zero attached hydrogens (tertiary/aromatic N) is 2. The molecule has 2 heterocycles. The van der Waals surface area contributed by atoms with Gasteiger partial charge >= 0.3 is 0 Å². The van der Waals surface area contributed by atoms with Gasteiger partial charge in [-0.25, -0.2) is 0 Å². The summed E-state index contributed by atoms with van der Waals surface area (Å²) in [7, 11) is 0. The van der Waals surface area contributed by atoms with E-state index in [0.717, 1.165) is 11.9 Å². The van der Waals surface area contributed by atoms with E-state index in [0.29, 0.717) is 26.5 Å². The summed E-state index contributed by atoms with van der Waals surface area (Å²) in [6, 6.07) is 7.13. The molecule has 0 spiro atoms. The summed E-state index contributed by atoms with van der Waals surface area (Å²) >= 11 is 7.63. The molecule has 1 atom stereocenters. The number of amidine groups is 1. The number of benzene rings is 1. The van der Waals surface area contributed by atoms with Gasteiger partial charge < -0.3 is 5.32 Å². The number of hydrogen-bond donors (Lipinski definition) is 1. The Morgan fingerprint density at radius 2 is 2.35 bits per heavy atom. The fraction of sp³-hybridized carbons (Fsp3) is 0.214. The van der Waals surface area contributed by atoms with Gasteiger partial charge in [-0.2, -0.15) is 0 Å². The van der Waals surface area contributed by atoms with Gasteiger partial charge in [0.2, 0.25) is 0 Å². The van der Waals surface area contributed by atoms with Gasteiger partial charge in [0.15, 0.2) is 5.17 Å². The van der Waals surface area contributed by atoms with Crippen LogP contribution in [0.25, 0.3) is 10.9 Å². The molecule has 1 aliphatic heterocycles. The number of aliphatic imine (C=N–C) groups is 1. The number of thioether (sulfide) groups is 1. The van der Waals surface area contributed by atoms with E-state index in [1.54, 1.807) is 30.1 Å². The number of pyridine rings is 1. The normalized spacial score (nSPS) is 18.1. The summed E-state index contributed by atoms with van der Waals surface area (Å²) in [5.41, 5.74) is 1.11. The lowest BCUT2D eigenvalue weighted by Crippen LogP contribution is -2.27. The van der Waals surface area contributed by atoms with E-state index < -0.39 is 0 Å². The van der Waals surface area contributed by atoms with Crippen molar-refractivity contribution >= 4 is 45.3 Å². The van der Waals surface area contributed by atoms with Crippen LogP contribution in [0, 0.1) is 0 Å². The molecule has 6 heteroatoms. The van der Waals surface area contributed by atoms with Crippen molar-refractivity contribution in [3.63, 3.8) is 0 Å². The largest absolute Gasteiger partial charge is 0.301 e. The maximum Gasteiger partial charge on any atom is 0.259 e. The van der Waals surface area contributed by atoms with Crippen molar-refractivity contribution in [1.29, 1.82) is 0 Å². The van der Waals surface area contributed by atoms with Gasteiger partial charge in [-0.15, -0.1) is 0 Å². The maximum atomic E-state index is 12.4. The van der Waals surface area contributed by atoms with Gasteiger partial charge in [0.1, 0.15) is 0 Å². The summed E-state index contributed by atoms with van der Waals surface area (Å²) in [4.78, 5) is 20.9. The highest BCUT2D eigenvalue weighted by Crippen LogP contribution is 2.23. The Kier molecular flexibility index (Phi) is 3.63. The van der Waals surface area contributed by atoms with Gasteiger partial charge in [0.05, 0.1) is 17.6 Å². The fourth-order valence-corrected chi connectivity index (χ4v) is 3.10. The van der Waals surface area contributed by atoms with Gasteiger partial charge in [-0.3, -0.25) is 14.8 Å². The Hall–Kier alpha value is -1.59. The van der Waals surface area contributed by atoms with Crippen LogP contribution in [0.15, 0.2) is 35.5 Å². The molecule has 102 valence electrons. The Morgan fingerprint density at radius 1 is 1.50 bits per heavy atom. The van der Waals surface area contributed by atoms with Gasteiger partial charge in [-0.1, -0.05) is 36.4 Å². The first-order chi connectivity index (χ1) is 9.63. The second-order valence-corrected chi connectivity index (χ2v) is 6.42. The SMILES string of the molecule is CC1CN=C(NC(=O)c2cc(Cl)cc3cccnc23)S1. The molecule has 1 N–H and O–H groups in total. The minimum absolute atomic E-state index is 0.225. The van der Waals surface area contributed by atoms with Crippen LogP contribution >= 0.6 is 23.4 Å². The molecular weight excluding hydrogens is 294 g/mol. The van der Waals surface area contributed by atoms with E-state index in [-0.39, 0.29) is 5.91 Å². The molecule has 0 fully saturated rings.